The number of ether oxygens (including phenoxy) is 2. The Morgan fingerprint density at radius 2 is 1.58 bits per heavy atom. The Balaban J connectivity index is 1.68. The molecule has 7 heteroatoms. The van der Waals surface area contributed by atoms with Crippen LogP contribution in [0.1, 0.15) is 48.4 Å². The van der Waals surface area contributed by atoms with Crippen LogP contribution in [0.5, 0.6) is 11.5 Å². The second-order valence-electron chi connectivity index (χ2n) is 10.4. The second kappa shape index (κ2) is 9.82. The Kier molecular flexibility index (Phi) is 6.53. The molecule has 2 heterocycles. The average molecular weight is 510 g/mol. The maximum absolute atomic E-state index is 14.2. The van der Waals surface area contributed by atoms with Crippen molar-refractivity contribution in [1.29, 1.82) is 0 Å². The third kappa shape index (κ3) is 4.67. The molecule has 5 rings (SSSR count). The van der Waals surface area contributed by atoms with Crippen molar-refractivity contribution in [3.63, 3.8) is 0 Å². The zero-order valence-electron chi connectivity index (χ0n) is 22.2. The molecule has 1 atom stereocenters. The summed E-state index contributed by atoms with van der Waals surface area (Å²) in [5.74, 6) is 0.865. The number of fused-ring (bicyclic) bond motifs is 2. The number of benzene rings is 3. The van der Waals surface area contributed by atoms with E-state index < -0.39 is 11.6 Å². The number of carbonyl (C=O) groups excluding carboxylic acids is 2. The monoisotopic (exact) mass is 509 g/mol. The first-order valence-electron chi connectivity index (χ1n) is 12.5. The van der Waals surface area contributed by atoms with Gasteiger partial charge < -0.3 is 19.7 Å². The summed E-state index contributed by atoms with van der Waals surface area (Å²) in [6, 6.07) is 21.9. The Hall–Kier alpha value is -4.39. The number of methoxy groups -OCH3 is 2. The predicted molar refractivity (Wildman–Crippen MR) is 147 cm³/mol. The highest BCUT2D eigenvalue weighted by Crippen LogP contribution is 2.41. The van der Waals surface area contributed by atoms with Crippen molar-refractivity contribution in [3.05, 3.63) is 89.6 Å². The molecule has 0 saturated carbocycles. The van der Waals surface area contributed by atoms with Gasteiger partial charge in [-0.05, 0) is 62.2 Å². The third-order valence-corrected chi connectivity index (χ3v) is 6.61. The minimum atomic E-state index is -0.844. The van der Waals surface area contributed by atoms with E-state index in [-0.39, 0.29) is 18.4 Å². The number of hydrogen-bond donors (Lipinski definition) is 1. The maximum Gasteiger partial charge on any atom is 0.257 e. The fourth-order valence-corrected chi connectivity index (χ4v) is 4.95. The lowest BCUT2D eigenvalue weighted by molar-refractivity contribution is -0.127. The predicted octanol–water partition coefficient (Wildman–Crippen LogP) is 5.53. The largest absolute Gasteiger partial charge is 0.497 e. The number of amides is 2. The number of hydrogen-bond acceptors (Lipinski definition) is 5. The van der Waals surface area contributed by atoms with Crippen LogP contribution in [-0.4, -0.2) is 41.5 Å². The quantitative estimate of drug-likeness (QED) is 0.370. The summed E-state index contributed by atoms with van der Waals surface area (Å²) in [4.78, 5) is 34.4. The number of pyridine rings is 1. The molecule has 0 aliphatic carbocycles. The fourth-order valence-electron chi connectivity index (χ4n) is 4.95. The topological polar surface area (TPSA) is 80.8 Å². The smallest absolute Gasteiger partial charge is 0.257 e. The van der Waals surface area contributed by atoms with Crippen molar-refractivity contribution in [1.82, 2.24) is 15.2 Å². The zero-order chi connectivity index (χ0) is 27.0. The van der Waals surface area contributed by atoms with Crippen LogP contribution in [-0.2, 0) is 11.3 Å². The highest BCUT2D eigenvalue weighted by atomic mass is 16.5. The summed E-state index contributed by atoms with van der Waals surface area (Å²) in [5, 5.41) is 3.89. The molecule has 1 aromatic heterocycles. The molecular weight excluding hydrogens is 478 g/mol. The van der Waals surface area contributed by atoms with Gasteiger partial charge >= 0.3 is 0 Å². The Bertz CT molecular complexity index is 1510. The van der Waals surface area contributed by atoms with Gasteiger partial charge in [0.2, 0.25) is 5.91 Å². The van der Waals surface area contributed by atoms with E-state index in [0.29, 0.717) is 28.3 Å². The van der Waals surface area contributed by atoms with Gasteiger partial charge in [-0.1, -0.05) is 42.5 Å². The lowest BCUT2D eigenvalue weighted by Crippen LogP contribution is -2.48. The molecule has 7 nitrogen and oxygen atoms in total. The van der Waals surface area contributed by atoms with Crippen LogP contribution in [0.15, 0.2) is 72.8 Å². The summed E-state index contributed by atoms with van der Waals surface area (Å²) >= 11 is 0. The van der Waals surface area contributed by atoms with Crippen molar-refractivity contribution in [2.45, 2.75) is 38.9 Å². The molecule has 0 spiro atoms. The first-order chi connectivity index (χ1) is 18.2. The van der Waals surface area contributed by atoms with Gasteiger partial charge in [0.05, 0.1) is 37.5 Å². The van der Waals surface area contributed by atoms with Gasteiger partial charge in [0.15, 0.2) is 0 Å². The minimum Gasteiger partial charge on any atom is -0.497 e. The normalized spacial score (nSPS) is 13.8. The van der Waals surface area contributed by atoms with E-state index in [4.69, 9.17) is 14.5 Å². The van der Waals surface area contributed by atoms with E-state index in [1.54, 1.807) is 31.3 Å². The molecule has 0 unspecified atom stereocenters. The van der Waals surface area contributed by atoms with Crippen LogP contribution in [0.2, 0.25) is 0 Å². The van der Waals surface area contributed by atoms with Gasteiger partial charge in [-0.3, -0.25) is 14.6 Å². The number of aromatic nitrogens is 1. The van der Waals surface area contributed by atoms with Crippen molar-refractivity contribution >= 4 is 22.7 Å². The van der Waals surface area contributed by atoms with Crippen molar-refractivity contribution in [2.24, 2.45) is 0 Å². The Morgan fingerprint density at radius 1 is 0.921 bits per heavy atom. The highest BCUT2D eigenvalue weighted by molar-refractivity contribution is 6.12. The fraction of sp³-hybridized carbons (Fsp3) is 0.258. The van der Waals surface area contributed by atoms with Gasteiger partial charge in [0.25, 0.3) is 5.91 Å². The molecule has 1 aliphatic heterocycles. The van der Waals surface area contributed by atoms with Crippen LogP contribution in [0.25, 0.3) is 22.0 Å². The SMILES string of the molecule is COc1ccc([C@H](C(=O)NC(C)(C)C)N2Cc3nc4ccc(OC)cc4c(-c4ccccc4)c3C2=O)cc1. The molecule has 1 aliphatic rings. The average Bonchev–Trinajstić information content (AvgIpc) is 3.22. The molecule has 38 heavy (non-hydrogen) atoms. The summed E-state index contributed by atoms with van der Waals surface area (Å²) in [7, 11) is 3.21. The standard InChI is InChI=1S/C31H31N3O4/c1-31(2,3)33-29(35)28(20-11-13-21(37-4)14-12-20)34-18-25-27(30(34)36)26(19-9-7-6-8-10-19)23-17-22(38-5)15-16-24(23)32-25/h6-17,28H,18H2,1-5H3,(H,33,35)/t28-/m1/s1. The van der Waals surface area contributed by atoms with Crippen LogP contribution < -0.4 is 14.8 Å². The Labute approximate surface area is 222 Å². The van der Waals surface area contributed by atoms with Gasteiger partial charge in [-0.2, -0.15) is 0 Å². The minimum absolute atomic E-state index is 0.213. The second-order valence-corrected chi connectivity index (χ2v) is 10.4. The summed E-state index contributed by atoms with van der Waals surface area (Å²) in [6.45, 7) is 5.98. The van der Waals surface area contributed by atoms with Gasteiger partial charge in [0, 0.05) is 16.5 Å². The summed E-state index contributed by atoms with van der Waals surface area (Å²) in [5.41, 5.74) is 3.84. The zero-order valence-corrected chi connectivity index (χ0v) is 22.2. The van der Waals surface area contributed by atoms with Crippen molar-refractivity contribution in [2.75, 3.05) is 14.2 Å². The molecule has 3 aromatic carbocycles. The highest BCUT2D eigenvalue weighted by Gasteiger charge is 2.41. The van der Waals surface area contributed by atoms with E-state index in [0.717, 1.165) is 22.0 Å². The number of carbonyl (C=O) groups is 2. The van der Waals surface area contributed by atoms with Crippen LogP contribution in [0.4, 0.5) is 0 Å². The van der Waals surface area contributed by atoms with Crippen LogP contribution in [0.3, 0.4) is 0 Å². The molecule has 0 bridgehead atoms. The number of nitrogens with one attached hydrogen (secondary N) is 1. The van der Waals surface area contributed by atoms with E-state index >= 15 is 0 Å². The summed E-state index contributed by atoms with van der Waals surface area (Å²) in [6.07, 6.45) is 0. The first-order valence-corrected chi connectivity index (χ1v) is 12.5. The van der Waals surface area contributed by atoms with E-state index in [2.05, 4.69) is 5.32 Å². The lowest BCUT2D eigenvalue weighted by Gasteiger charge is -2.31. The molecule has 4 aromatic rings. The van der Waals surface area contributed by atoms with Crippen molar-refractivity contribution < 1.29 is 19.1 Å². The number of rotatable bonds is 6. The molecule has 2 amide bonds. The van der Waals surface area contributed by atoms with Crippen LogP contribution >= 0.6 is 0 Å². The molecule has 0 radical (unpaired) electrons. The molecular formula is C31H31N3O4. The number of nitrogens with zero attached hydrogens (tertiary/aromatic N) is 2. The maximum atomic E-state index is 14.2. The van der Waals surface area contributed by atoms with Gasteiger partial charge in [-0.15, -0.1) is 0 Å². The molecule has 0 fully saturated rings. The molecule has 0 saturated heterocycles. The Morgan fingerprint density at radius 3 is 2.21 bits per heavy atom. The van der Waals surface area contributed by atoms with Gasteiger partial charge in [0.1, 0.15) is 17.5 Å². The third-order valence-electron chi connectivity index (χ3n) is 6.61. The van der Waals surface area contributed by atoms with Crippen molar-refractivity contribution in [3.8, 4) is 22.6 Å². The van der Waals surface area contributed by atoms with E-state index in [9.17, 15) is 9.59 Å². The summed E-state index contributed by atoms with van der Waals surface area (Å²) < 4.78 is 10.8. The molecule has 1 N–H and O–H groups in total. The van der Waals surface area contributed by atoms with Crippen LogP contribution in [0, 0.1) is 0 Å². The lowest BCUT2D eigenvalue weighted by atomic mass is 9.94. The van der Waals surface area contributed by atoms with Gasteiger partial charge in [-0.25, -0.2) is 0 Å². The molecule has 194 valence electrons. The first kappa shape index (κ1) is 25.3. The van der Waals surface area contributed by atoms with E-state index in [1.807, 2.05) is 81.4 Å². The van der Waals surface area contributed by atoms with E-state index in [1.165, 1.54) is 0 Å².